The molecule has 1 atom stereocenters. The Morgan fingerprint density at radius 2 is 2.09 bits per heavy atom. The van der Waals surface area contributed by atoms with Crippen LogP contribution in [-0.4, -0.2) is 50.2 Å². The fraction of sp³-hybridized carbons (Fsp3) is 0.500. The van der Waals surface area contributed by atoms with E-state index in [1.54, 1.807) is 12.1 Å². The first-order valence-electron chi connectivity index (χ1n) is 7.31. The molecule has 5 nitrogen and oxygen atoms in total. The molecule has 1 unspecified atom stereocenters. The van der Waals surface area contributed by atoms with E-state index in [-0.39, 0.29) is 17.6 Å². The molecular formula is C16H20FN3O2. The van der Waals surface area contributed by atoms with Crippen molar-refractivity contribution < 1.29 is 13.9 Å². The summed E-state index contributed by atoms with van der Waals surface area (Å²) in [6.07, 6.45) is 0.361. The Kier molecular flexibility index (Phi) is 5.34. The molecule has 1 aromatic rings. The van der Waals surface area contributed by atoms with Gasteiger partial charge in [-0.25, -0.2) is 4.39 Å². The Bertz CT molecular complexity index is 577. The molecule has 0 aliphatic carbocycles. The molecule has 1 aliphatic rings. The Morgan fingerprint density at radius 3 is 2.68 bits per heavy atom. The van der Waals surface area contributed by atoms with Gasteiger partial charge in [0.1, 0.15) is 17.4 Å². The molecule has 0 saturated carbocycles. The first kappa shape index (κ1) is 16.2. The van der Waals surface area contributed by atoms with Crippen molar-refractivity contribution in [3.05, 3.63) is 29.6 Å². The molecule has 0 bridgehead atoms. The Morgan fingerprint density at radius 1 is 1.41 bits per heavy atom. The molecular weight excluding hydrogens is 285 g/mol. The highest BCUT2D eigenvalue weighted by Gasteiger charge is 2.24. The van der Waals surface area contributed by atoms with Crippen LogP contribution < -0.4 is 4.90 Å². The van der Waals surface area contributed by atoms with Crippen LogP contribution in [0.4, 0.5) is 10.1 Å². The van der Waals surface area contributed by atoms with Crippen molar-refractivity contribution in [1.82, 2.24) is 4.90 Å². The number of nitrogens with zero attached hydrogens (tertiary/aromatic N) is 3. The minimum absolute atomic E-state index is 0.0959. The molecule has 1 saturated heterocycles. The summed E-state index contributed by atoms with van der Waals surface area (Å²) in [4.78, 5) is 15.6. The van der Waals surface area contributed by atoms with Gasteiger partial charge in [0.25, 0.3) is 0 Å². The van der Waals surface area contributed by atoms with Gasteiger partial charge in [0.2, 0.25) is 0 Å². The van der Waals surface area contributed by atoms with Crippen molar-refractivity contribution in [3.63, 3.8) is 0 Å². The number of benzene rings is 1. The number of ether oxygens (including phenoxy) is 1. The van der Waals surface area contributed by atoms with Gasteiger partial charge in [-0.15, -0.1) is 0 Å². The molecule has 0 N–H and O–H groups in total. The van der Waals surface area contributed by atoms with Gasteiger partial charge >= 0.3 is 5.97 Å². The van der Waals surface area contributed by atoms with Crippen LogP contribution >= 0.6 is 0 Å². The van der Waals surface area contributed by atoms with Gasteiger partial charge in [0.05, 0.1) is 19.2 Å². The number of hydrogen-bond donors (Lipinski definition) is 0. The molecule has 6 heteroatoms. The molecule has 2 rings (SSSR count). The third-order valence-corrected chi connectivity index (χ3v) is 4.07. The van der Waals surface area contributed by atoms with Crippen LogP contribution in [0, 0.1) is 17.1 Å². The highest BCUT2D eigenvalue weighted by atomic mass is 19.1. The van der Waals surface area contributed by atoms with Crippen LogP contribution in [0.15, 0.2) is 18.2 Å². The molecule has 1 aromatic carbocycles. The number of anilines is 1. The van der Waals surface area contributed by atoms with E-state index in [1.807, 2.05) is 17.9 Å². The standard InChI is InChI=1S/C16H20FN3O2/c1-12(10-16(21)22-2)19-6-8-20(9-7-19)15-5-3-4-14(17)13(15)11-18/h3-5,12H,6-10H2,1-2H3. The summed E-state index contributed by atoms with van der Waals surface area (Å²) >= 11 is 0. The largest absolute Gasteiger partial charge is 0.469 e. The van der Waals surface area contributed by atoms with E-state index in [9.17, 15) is 9.18 Å². The van der Waals surface area contributed by atoms with Crippen LogP contribution in [0.2, 0.25) is 0 Å². The number of carbonyl (C=O) groups is 1. The summed E-state index contributed by atoms with van der Waals surface area (Å²) in [5.41, 5.74) is 0.737. The number of halogens is 1. The molecule has 1 fully saturated rings. The zero-order chi connectivity index (χ0) is 16.1. The monoisotopic (exact) mass is 305 g/mol. The average Bonchev–Trinajstić information content (AvgIpc) is 2.54. The highest BCUT2D eigenvalue weighted by Crippen LogP contribution is 2.24. The number of rotatable bonds is 4. The van der Waals surface area contributed by atoms with Crippen LogP contribution in [0.25, 0.3) is 0 Å². The second-order valence-electron chi connectivity index (χ2n) is 5.40. The van der Waals surface area contributed by atoms with Gasteiger partial charge in [-0.3, -0.25) is 9.69 Å². The van der Waals surface area contributed by atoms with E-state index in [0.717, 1.165) is 13.1 Å². The van der Waals surface area contributed by atoms with E-state index in [1.165, 1.54) is 13.2 Å². The van der Waals surface area contributed by atoms with Gasteiger partial charge in [0.15, 0.2) is 0 Å². The first-order valence-corrected chi connectivity index (χ1v) is 7.31. The van der Waals surface area contributed by atoms with Crippen molar-refractivity contribution in [2.75, 3.05) is 38.2 Å². The highest BCUT2D eigenvalue weighted by molar-refractivity contribution is 5.69. The molecule has 22 heavy (non-hydrogen) atoms. The number of methoxy groups -OCH3 is 1. The normalized spacial score (nSPS) is 16.9. The second kappa shape index (κ2) is 7.23. The Hall–Kier alpha value is -2.13. The number of carbonyl (C=O) groups excluding carboxylic acids is 1. The quantitative estimate of drug-likeness (QED) is 0.794. The zero-order valence-corrected chi connectivity index (χ0v) is 12.9. The van der Waals surface area contributed by atoms with E-state index < -0.39 is 5.82 Å². The van der Waals surface area contributed by atoms with E-state index in [2.05, 4.69) is 4.90 Å². The fourth-order valence-corrected chi connectivity index (χ4v) is 2.74. The van der Waals surface area contributed by atoms with Gasteiger partial charge in [-0.2, -0.15) is 5.26 Å². The van der Waals surface area contributed by atoms with Gasteiger partial charge in [-0.1, -0.05) is 6.07 Å². The smallest absolute Gasteiger partial charge is 0.307 e. The summed E-state index contributed by atoms with van der Waals surface area (Å²) < 4.78 is 18.4. The van der Waals surface area contributed by atoms with Crippen LogP contribution in [0.3, 0.4) is 0 Å². The zero-order valence-electron chi connectivity index (χ0n) is 12.9. The average molecular weight is 305 g/mol. The first-order chi connectivity index (χ1) is 10.6. The molecule has 1 heterocycles. The lowest BCUT2D eigenvalue weighted by atomic mass is 10.1. The summed E-state index contributed by atoms with van der Waals surface area (Å²) in [6.45, 7) is 4.92. The molecule has 1 aliphatic heterocycles. The number of piperazine rings is 1. The Labute approximate surface area is 129 Å². The SMILES string of the molecule is COC(=O)CC(C)N1CCN(c2cccc(F)c2C#N)CC1. The predicted octanol–water partition coefficient (Wildman–Crippen LogP) is 1.77. The lowest BCUT2D eigenvalue weighted by molar-refractivity contribution is -0.141. The van der Waals surface area contributed by atoms with Gasteiger partial charge < -0.3 is 9.64 Å². The van der Waals surface area contributed by atoms with Crippen LogP contribution in [-0.2, 0) is 9.53 Å². The fourth-order valence-electron chi connectivity index (χ4n) is 2.74. The van der Waals surface area contributed by atoms with Crippen molar-refractivity contribution in [2.45, 2.75) is 19.4 Å². The Balaban J connectivity index is 2.00. The second-order valence-corrected chi connectivity index (χ2v) is 5.40. The van der Waals surface area contributed by atoms with Crippen molar-refractivity contribution >= 4 is 11.7 Å². The third-order valence-electron chi connectivity index (χ3n) is 4.07. The van der Waals surface area contributed by atoms with Crippen molar-refractivity contribution in [3.8, 4) is 6.07 Å². The predicted molar refractivity (Wildman–Crippen MR) is 81.0 cm³/mol. The minimum Gasteiger partial charge on any atom is -0.469 e. The molecule has 0 radical (unpaired) electrons. The molecule has 0 spiro atoms. The molecule has 0 aromatic heterocycles. The molecule has 0 amide bonds. The lowest BCUT2D eigenvalue weighted by Crippen LogP contribution is -2.50. The van der Waals surface area contributed by atoms with Crippen LogP contribution in [0.5, 0.6) is 0 Å². The number of esters is 1. The van der Waals surface area contributed by atoms with E-state index in [4.69, 9.17) is 10.00 Å². The summed E-state index contributed by atoms with van der Waals surface area (Å²) in [5, 5.41) is 9.12. The summed E-state index contributed by atoms with van der Waals surface area (Å²) in [6, 6.07) is 6.74. The van der Waals surface area contributed by atoms with E-state index in [0.29, 0.717) is 25.2 Å². The number of nitriles is 1. The third kappa shape index (κ3) is 3.55. The van der Waals surface area contributed by atoms with Gasteiger partial charge in [0, 0.05) is 32.2 Å². The van der Waals surface area contributed by atoms with Crippen molar-refractivity contribution in [2.24, 2.45) is 0 Å². The van der Waals surface area contributed by atoms with Crippen LogP contribution in [0.1, 0.15) is 18.9 Å². The maximum absolute atomic E-state index is 13.7. The summed E-state index contributed by atoms with van der Waals surface area (Å²) in [5.74, 6) is -0.701. The van der Waals surface area contributed by atoms with Crippen molar-refractivity contribution in [1.29, 1.82) is 5.26 Å². The van der Waals surface area contributed by atoms with E-state index >= 15 is 0 Å². The maximum atomic E-state index is 13.7. The number of hydrogen-bond acceptors (Lipinski definition) is 5. The lowest BCUT2D eigenvalue weighted by Gasteiger charge is -2.39. The van der Waals surface area contributed by atoms with Gasteiger partial charge in [-0.05, 0) is 19.1 Å². The maximum Gasteiger partial charge on any atom is 0.307 e. The minimum atomic E-state index is -0.485. The summed E-state index contributed by atoms with van der Waals surface area (Å²) in [7, 11) is 1.39. The topological polar surface area (TPSA) is 56.6 Å². The molecule has 118 valence electrons.